The van der Waals surface area contributed by atoms with Crippen LogP contribution in [0.5, 0.6) is 0 Å². The average molecular weight is 205 g/mol. The Labute approximate surface area is 89.7 Å². The SMILES string of the molecule is CC[C@@H]1COC(=O)N1c1ccc(C)cc1. The van der Waals surface area contributed by atoms with Gasteiger partial charge in [0.1, 0.15) is 6.61 Å². The smallest absolute Gasteiger partial charge is 0.414 e. The zero-order chi connectivity index (χ0) is 10.8. The Balaban J connectivity index is 2.28. The molecule has 3 nitrogen and oxygen atoms in total. The number of anilines is 1. The molecule has 1 amide bonds. The summed E-state index contributed by atoms with van der Waals surface area (Å²) in [6.07, 6.45) is 0.685. The predicted octanol–water partition coefficient (Wildman–Crippen LogP) is 2.73. The third-order valence-electron chi connectivity index (χ3n) is 2.74. The lowest BCUT2D eigenvalue weighted by Crippen LogP contribution is -2.32. The van der Waals surface area contributed by atoms with Crippen LogP contribution in [-0.4, -0.2) is 18.7 Å². The van der Waals surface area contributed by atoms with Crippen LogP contribution in [0.3, 0.4) is 0 Å². The molecule has 0 aromatic heterocycles. The lowest BCUT2D eigenvalue weighted by atomic mass is 10.1. The number of rotatable bonds is 2. The maximum Gasteiger partial charge on any atom is 0.414 e. The van der Waals surface area contributed by atoms with Crippen molar-refractivity contribution in [3.05, 3.63) is 29.8 Å². The molecular formula is C12H15NO2. The first-order chi connectivity index (χ1) is 7.22. The van der Waals surface area contributed by atoms with Crippen molar-refractivity contribution in [2.75, 3.05) is 11.5 Å². The molecule has 1 saturated heterocycles. The van der Waals surface area contributed by atoms with Gasteiger partial charge in [-0.05, 0) is 25.5 Å². The molecule has 0 radical (unpaired) electrons. The number of amides is 1. The second kappa shape index (κ2) is 3.93. The molecule has 3 heteroatoms. The van der Waals surface area contributed by atoms with E-state index in [4.69, 9.17) is 4.74 Å². The Morgan fingerprint density at radius 3 is 2.67 bits per heavy atom. The van der Waals surface area contributed by atoms with E-state index in [1.807, 2.05) is 31.2 Å². The van der Waals surface area contributed by atoms with Crippen molar-refractivity contribution in [2.45, 2.75) is 26.3 Å². The standard InChI is InChI=1S/C12H15NO2/c1-3-10-8-15-12(14)13(10)11-6-4-9(2)5-7-11/h4-7,10H,3,8H2,1-2H3/t10-/m1/s1. The van der Waals surface area contributed by atoms with Crippen LogP contribution in [0.4, 0.5) is 10.5 Å². The lowest BCUT2D eigenvalue weighted by molar-refractivity contribution is 0.178. The summed E-state index contributed by atoms with van der Waals surface area (Å²) in [7, 11) is 0. The van der Waals surface area contributed by atoms with Crippen LogP contribution in [0.15, 0.2) is 24.3 Å². The second-order valence-corrected chi connectivity index (χ2v) is 3.84. The molecule has 1 fully saturated rings. The number of hydrogen-bond donors (Lipinski definition) is 0. The topological polar surface area (TPSA) is 29.5 Å². The molecule has 1 atom stereocenters. The van der Waals surface area contributed by atoms with Gasteiger partial charge in [-0.1, -0.05) is 24.6 Å². The van der Waals surface area contributed by atoms with E-state index in [0.717, 1.165) is 12.1 Å². The zero-order valence-corrected chi connectivity index (χ0v) is 9.06. The Morgan fingerprint density at radius 1 is 1.40 bits per heavy atom. The van der Waals surface area contributed by atoms with Gasteiger partial charge in [0.2, 0.25) is 0 Å². The van der Waals surface area contributed by atoms with E-state index in [-0.39, 0.29) is 12.1 Å². The van der Waals surface area contributed by atoms with Crippen LogP contribution in [0.25, 0.3) is 0 Å². The molecule has 0 aliphatic carbocycles. The van der Waals surface area contributed by atoms with Crippen LogP contribution in [0, 0.1) is 6.92 Å². The Hall–Kier alpha value is -1.51. The third kappa shape index (κ3) is 1.82. The van der Waals surface area contributed by atoms with Crippen molar-refractivity contribution in [1.82, 2.24) is 0 Å². The third-order valence-corrected chi connectivity index (χ3v) is 2.74. The molecule has 1 aliphatic rings. The number of aryl methyl sites for hydroxylation is 1. The van der Waals surface area contributed by atoms with Gasteiger partial charge >= 0.3 is 6.09 Å². The Kier molecular flexibility index (Phi) is 2.62. The van der Waals surface area contributed by atoms with Gasteiger partial charge in [0.25, 0.3) is 0 Å². The number of benzene rings is 1. The molecular weight excluding hydrogens is 190 g/mol. The molecule has 1 aromatic rings. The highest BCUT2D eigenvalue weighted by atomic mass is 16.6. The summed E-state index contributed by atoms with van der Waals surface area (Å²) in [6, 6.07) is 8.12. The molecule has 1 heterocycles. The van der Waals surface area contributed by atoms with Crippen molar-refractivity contribution in [2.24, 2.45) is 0 Å². The van der Waals surface area contributed by atoms with Crippen LogP contribution in [-0.2, 0) is 4.74 Å². The van der Waals surface area contributed by atoms with Crippen molar-refractivity contribution in [3.63, 3.8) is 0 Å². The molecule has 0 unspecified atom stereocenters. The van der Waals surface area contributed by atoms with Gasteiger partial charge in [-0.15, -0.1) is 0 Å². The molecule has 0 bridgehead atoms. The molecule has 1 aliphatic heterocycles. The van der Waals surface area contributed by atoms with Crippen LogP contribution >= 0.6 is 0 Å². The van der Waals surface area contributed by atoms with Crippen molar-refractivity contribution >= 4 is 11.8 Å². The summed E-state index contributed by atoms with van der Waals surface area (Å²) in [5.74, 6) is 0. The number of carbonyl (C=O) groups is 1. The van der Waals surface area contributed by atoms with Gasteiger partial charge in [0.05, 0.1) is 6.04 Å². The Bertz CT molecular complexity index is 358. The van der Waals surface area contributed by atoms with E-state index in [1.165, 1.54) is 5.56 Å². The monoisotopic (exact) mass is 205 g/mol. The predicted molar refractivity (Wildman–Crippen MR) is 59.1 cm³/mol. The van der Waals surface area contributed by atoms with Crippen molar-refractivity contribution in [3.8, 4) is 0 Å². The fraction of sp³-hybridized carbons (Fsp3) is 0.417. The van der Waals surface area contributed by atoms with E-state index in [2.05, 4.69) is 6.92 Å². The van der Waals surface area contributed by atoms with E-state index >= 15 is 0 Å². The molecule has 1 aromatic carbocycles. The minimum absolute atomic E-state index is 0.181. The molecule has 0 N–H and O–H groups in total. The fourth-order valence-corrected chi connectivity index (χ4v) is 1.78. The van der Waals surface area contributed by atoms with Crippen LogP contribution in [0.1, 0.15) is 18.9 Å². The number of carbonyl (C=O) groups excluding carboxylic acids is 1. The van der Waals surface area contributed by atoms with Gasteiger partial charge in [0.15, 0.2) is 0 Å². The van der Waals surface area contributed by atoms with Gasteiger partial charge in [-0.3, -0.25) is 4.90 Å². The first kappa shape index (κ1) is 10.0. The summed E-state index contributed by atoms with van der Waals surface area (Å²) in [5.41, 5.74) is 2.12. The highest BCUT2D eigenvalue weighted by Gasteiger charge is 2.32. The van der Waals surface area contributed by atoms with Gasteiger partial charge in [0, 0.05) is 5.69 Å². The largest absolute Gasteiger partial charge is 0.447 e. The molecule has 0 spiro atoms. The number of ether oxygens (including phenoxy) is 1. The van der Waals surface area contributed by atoms with E-state index in [9.17, 15) is 4.79 Å². The average Bonchev–Trinajstić information content (AvgIpc) is 2.61. The molecule has 2 rings (SSSR count). The Morgan fingerprint density at radius 2 is 2.07 bits per heavy atom. The normalized spacial score (nSPS) is 20.5. The maximum atomic E-state index is 11.5. The minimum Gasteiger partial charge on any atom is -0.447 e. The van der Waals surface area contributed by atoms with Crippen LogP contribution < -0.4 is 4.90 Å². The van der Waals surface area contributed by atoms with E-state index < -0.39 is 0 Å². The van der Waals surface area contributed by atoms with E-state index in [1.54, 1.807) is 4.90 Å². The first-order valence-corrected chi connectivity index (χ1v) is 5.25. The summed E-state index contributed by atoms with van der Waals surface area (Å²) in [5, 5.41) is 0. The first-order valence-electron chi connectivity index (χ1n) is 5.25. The molecule has 80 valence electrons. The maximum absolute atomic E-state index is 11.5. The second-order valence-electron chi connectivity index (χ2n) is 3.84. The molecule has 0 saturated carbocycles. The number of nitrogens with zero attached hydrogens (tertiary/aromatic N) is 1. The lowest BCUT2D eigenvalue weighted by Gasteiger charge is -2.20. The van der Waals surface area contributed by atoms with Crippen molar-refractivity contribution < 1.29 is 9.53 Å². The van der Waals surface area contributed by atoms with Gasteiger partial charge in [-0.2, -0.15) is 0 Å². The number of hydrogen-bond acceptors (Lipinski definition) is 2. The summed E-state index contributed by atoms with van der Waals surface area (Å²) < 4.78 is 5.04. The summed E-state index contributed by atoms with van der Waals surface area (Å²) in [6.45, 7) is 4.60. The number of cyclic esters (lactones) is 1. The van der Waals surface area contributed by atoms with Crippen LogP contribution in [0.2, 0.25) is 0 Å². The molecule has 15 heavy (non-hydrogen) atoms. The fourth-order valence-electron chi connectivity index (χ4n) is 1.78. The van der Waals surface area contributed by atoms with Gasteiger partial charge < -0.3 is 4.74 Å². The zero-order valence-electron chi connectivity index (χ0n) is 9.06. The quantitative estimate of drug-likeness (QED) is 0.743. The van der Waals surface area contributed by atoms with E-state index in [0.29, 0.717) is 6.61 Å². The summed E-state index contributed by atoms with van der Waals surface area (Å²) in [4.78, 5) is 13.3. The summed E-state index contributed by atoms with van der Waals surface area (Å²) >= 11 is 0. The highest BCUT2D eigenvalue weighted by molar-refractivity contribution is 5.90. The van der Waals surface area contributed by atoms with Gasteiger partial charge in [-0.25, -0.2) is 4.79 Å². The minimum atomic E-state index is -0.231. The highest BCUT2D eigenvalue weighted by Crippen LogP contribution is 2.24. The van der Waals surface area contributed by atoms with Crippen molar-refractivity contribution in [1.29, 1.82) is 0 Å².